The molecule has 3 rings (SSSR count). The van der Waals surface area contributed by atoms with E-state index in [1.54, 1.807) is 24.0 Å². The van der Waals surface area contributed by atoms with Crippen LogP contribution in [0.4, 0.5) is 22.1 Å². The molecule has 2 aromatic rings. The van der Waals surface area contributed by atoms with Gasteiger partial charge in [-0.25, -0.2) is 14.8 Å². The Labute approximate surface area is 182 Å². The summed E-state index contributed by atoms with van der Waals surface area (Å²) in [5.41, 5.74) is 4.80. The highest BCUT2D eigenvalue weighted by Gasteiger charge is 2.30. The molecule has 2 N–H and O–H groups in total. The number of nitrogens with one attached hydrogen (secondary N) is 2. The number of carbonyl (C=O) groups is 2. The van der Waals surface area contributed by atoms with Crippen molar-refractivity contribution in [3.8, 4) is 0 Å². The molecular weight excluding hydrogens is 430 g/mol. The van der Waals surface area contributed by atoms with E-state index in [0.29, 0.717) is 36.8 Å². The lowest BCUT2D eigenvalue weighted by Gasteiger charge is -2.34. The maximum absolute atomic E-state index is 12.3. The number of piperazine rings is 1. The molecule has 12 nitrogen and oxygen atoms in total. The number of nitrogens with zero attached hydrogens (tertiary/aromatic N) is 5. The predicted molar refractivity (Wildman–Crippen MR) is 112 cm³/mol. The lowest BCUT2D eigenvalue weighted by molar-refractivity contribution is -0.383. The molecule has 0 radical (unpaired) electrons. The van der Waals surface area contributed by atoms with E-state index in [2.05, 4.69) is 20.8 Å². The van der Waals surface area contributed by atoms with Gasteiger partial charge in [0.25, 0.3) is 5.91 Å². The highest BCUT2D eigenvalue weighted by molar-refractivity contribution is 6.30. The van der Waals surface area contributed by atoms with Gasteiger partial charge in [0.15, 0.2) is 0 Å². The van der Waals surface area contributed by atoms with Crippen LogP contribution in [-0.2, 0) is 4.74 Å². The van der Waals surface area contributed by atoms with Crippen LogP contribution < -0.4 is 15.8 Å². The third-order valence-electron chi connectivity index (χ3n) is 4.49. The maximum atomic E-state index is 12.3. The number of hydrogen-bond donors (Lipinski definition) is 2. The number of ether oxygens (including phenoxy) is 1. The second kappa shape index (κ2) is 9.89. The van der Waals surface area contributed by atoms with E-state index in [1.165, 1.54) is 17.0 Å². The average molecular weight is 450 g/mol. The molecule has 0 aliphatic carbocycles. The standard InChI is InChI=1S/C18H20ClN7O5/c1-2-31-18(28)25-9-7-24(8-10-25)16-14(26(29)30)15(20-11-21-16)22-23-17(27)12-3-5-13(19)6-4-12/h3-6,11H,2,7-10H2,1H3,(H,23,27)(H,20,21,22). The van der Waals surface area contributed by atoms with E-state index in [0.717, 1.165) is 6.33 Å². The first-order valence-corrected chi connectivity index (χ1v) is 9.76. The Morgan fingerprint density at radius 1 is 1.19 bits per heavy atom. The van der Waals surface area contributed by atoms with Gasteiger partial charge in [-0.3, -0.25) is 25.8 Å². The van der Waals surface area contributed by atoms with Crippen LogP contribution in [0, 0.1) is 10.1 Å². The predicted octanol–water partition coefficient (Wildman–Crippen LogP) is 2.07. The Hall–Kier alpha value is -3.67. The van der Waals surface area contributed by atoms with E-state index >= 15 is 0 Å². The smallest absolute Gasteiger partial charge is 0.409 e. The van der Waals surface area contributed by atoms with Crippen molar-refractivity contribution in [1.29, 1.82) is 0 Å². The van der Waals surface area contributed by atoms with E-state index in [4.69, 9.17) is 16.3 Å². The second-order valence-electron chi connectivity index (χ2n) is 6.41. The number of hydrogen-bond acceptors (Lipinski definition) is 9. The van der Waals surface area contributed by atoms with Crippen molar-refractivity contribution < 1.29 is 19.2 Å². The van der Waals surface area contributed by atoms with Gasteiger partial charge in [0.05, 0.1) is 11.5 Å². The molecule has 2 amide bonds. The molecule has 1 aromatic heterocycles. The van der Waals surface area contributed by atoms with Gasteiger partial charge in [-0.1, -0.05) is 11.6 Å². The first-order valence-electron chi connectivity index (χ1n) is 9.38. The van der Waals surface area contributed by atoms with Crippen molar-refractivity contribution in [2.45, 2.75) is 6.92 Å². The molecule has 0 unspecified atom stereocenters. The van der Waals surface area contributed by atoms with Gasteiger partial charge in [-0.05, 0) is 31.2 Å². The Balaban J connectivity index is 1.72. The third-order valence-corrected chi connectivity index (χ3v) is 4.74. The Kier molecular flexibility index (Phi) is 7.03. The van der Waals surface area contributed by atoms with Gasteiger partial charge >= 0.3 is 11.8 Å². The molecule has 1 aromatic carbocycles. The summed E-state index contributed by atoms with van der Waals surface area (Å²) < 4.78 is 4.98. The molecule has 31 heavy (non-hydrogen) atoms. The molecule has 0 spiro atoms. The monoisotopic (exact) mass is 449 g/mol. The summed E-state index contributed by atoms with van der Waals surface area (Å²) >= 11 is 5.81. The fourth-order valence-electron chi connectivity index (χ4n) is 2.97. The minimum absolute atomic E-state index is 0.0896. The van der Waals surface area contributed by atoms with Crippen LogP contribution in [0.25, 0.3) is 0 Å². The third kappa shape index (κ3) is 5.28. The number of hydrazine groups is 1. The average Bonchev–Trinajstić information content (AvgIpc) is 2.77. The number of anilines is 2. The lowest BCUT2D eigenvalue weighted by Crippen LogP contribution is -2.49. The zero-order valence-corrected chi connectivity index (χ0v) is 17.3. The molecule has 0 atom stereocenters. The molecule has 1 saturated heterocycles. The zero-order valence-electron chi connectivity index (χ0n) is 16.6. The minimum Gasteiger partial charge on any atom is -0.450 e. The molecule has 2 heterocycles. The van der Waals surface area contributed by atoms with Crippen molar-refractivity contribution in [2.75, 3.05) is 43.1 Å². The van der Waals surface area contributed by atoms with E-state index < -0.39 is 16.9 Å². The fraction of sp³-hybridized carbons (Fsp3) is 0.333. The van der Waals surface area contributed by atoms with Crippen molar-refractivity contribution in [3.05, 3.63) is 51.3 Å². The van der Waals surface area contributed by atoms with Crippen LogP contribution >= 0.6 is 11.6 Å². The minimum atomic E-state index is -0.621. The van der Waals surface area contributed by atoms with Crippen LogP contribution in [0.1, 0.15) is 17.3 Å². The van der Waals surface area contributed by atoms with Crippen LogP contribution in [0.15, 0.2) is 30.6 Å². The number of nitro groups is 1. The van der Waals surface area contributed by atoms with Gasteiger partial charge in [0.2, 0.25) is 11.6 Å². The summed E-state index contributed by atoms with van der Waals surface area (Å²) in [5.74, 6) is -0.592. The summed E-state index contributed by atoms with van der Waals surface area (Å²) in [6.07, 6.45) is 0.739. The highest BCUT2D eigenvalue weighted by Crippen LogP contribution is 2.32. The SMILES string of the molecule is CCOC(=O)N1CCN(c2ncnc(NNC(=O)c3ccc(Cl)cc3)c2[N+](=O)[O-])CC1. The molecule has 1 aliphatic heterocycles. The Morgan fingerprint density at radius 2 is 1.87 bits per heavy atom. The number of aromatic nitrogens is 2. The summed E-state index contributed by atoms with van der Waals surface area (Å²) in [7, 11) is 0. The van der Waals surface area contributed by atoms with Crippen LogP contribution in [0.5, 0.6) is 0 Å². The van der Waals surface area contributed by atoms with E-state index in [1.807, 2.05) is 0 Å². The van der Waals surface area contributed by atoms with Crippen LogP contribution in [-0.4, -0.2) is 64.6 Å². The molecule has 1 fully saturated rings. The molecule has 0 bridgehead atoms. The van der Waals surface area contributed by atoms with Gasteiger partial charge in [-0.15, -0.1) is 0 Å². The lowest BCUT2D eigenvalue weighted by atomic mass is 10.2. The number of carbonyl (C=O) groups excluding carboxylic acids is 2. The Morgan fingerprint density at radius 3 is 2.48 bits per heavy atom. The number of halogens is 1. The highest BCUT2D eigenvalue weighted by atomic mass is 35.5. The summed E-state index contributed by atoms with van der Waals surface area (Å²) in [6.45, 7) is 3.30. The van der Waals surface area contributed by atoms with Crippen molar-refractivity contribution in [2.24, 2.45) is 0 Å². The van der Waals surface area contributed by atoms with Crippen LogP contribution in [0.3, 0.4) is 0 Å². The summed E-state index contributed by atoms with van der Waals surface area (Å²) in [4.78, 5) is 46.4. The van der Waals surface area contributed by atoms with Crippen LogP contribution in [0.2, 0.25) is 5.02 Å². The largest absolute Gasteiger partial charge is 0.450 e. The first kappa shape index (κ1) is 22.0. The van der Waals surface area contributed by atoms with E-state index in [9.17, 15) is 19.7 Å². The fourth-order valence-corrected chi connectivity index (χ4v) is 3.09. The molecule has 0 saturated carbocycles. The maximum Gasteiger partial charge on any atom is 0.409 e. The van der Waals surface area contributed by atoms with Gasteiger partial charge < -0.3 is 14.5 Å². The van der Waals surface area contributed by atoms with Crippen molar-refractivity contribution in [3.63, 3.8) is 0 Å². The number of amides is 2. The molecule has 1 aliphatic rings. The number of benzene rings is 1. The van der Waals surface area contributed by atoms with Gasteiger partial charge in [0.1, 0.15) is 6.33 Å². The second-order valence-corrected chi connectivity index (χ2v) is 6.85. The topological polar surface area (TPSA) is 143 Å². The quantitative estimate of drug-likeness (QED) is 0.500. The van der Waals surface area contributed by atoms with Crippen molar-refractivity contribution >= 4 is 40.9 Å². The van der Waals surface area contributed by atoms with Gasteiger partial charge in [-0.2, -0.15) is 0 Å². The molecule has 13 heteroatoms. The zero-order chi connectivity index (χ0) is 22.4. The van der Waals surface area contributed by atoms with E-state index in [-0.39, 0.29) is 23.9 Å². The summed E-state index contributed by atoms with van der Waals surface area (Å²) in [5, 5.41) is 12.2. The first-order chi connectivity index (χ1) is 14.9. The molecular formula is C18H20ClN7O5. The Bertz CT molecular complexity index is 964. The molecule has 164 valence electrons. The number of rotatable bonds is 6. The van der Waals surface area contributed by atoms with Gasteiger partial charge in [0, 0.05) is 36.8 Å². The normalized spacial score (nSPS) is 13.5. The van der Waals surface area contributed by atoms with Crippen molar-refractivity contribution in [1.82, 2.24) is 20.3 Å². The summed E-state index contributed by atoms with van der Waals surface area (Å²) in [6, 6.07) is 6.14.